The van der Waals surface area contributed by atoms with E-state index >= 15 is 0 Å². The molecule has 1 heterocycles. The molecule has 1 aromatic carbocycles. The van der Waals surface area contributed by atoms with Crippen molar-refractivity contribution in [1.82, 2.24) is 20.0 Å². The monoisotopic (exact) mass is 306 g/mol. The first-order chi connectivity index (χ1) is 10.1. The lowest BCUT2D eigenvalue weighted by Crippen LogP contribution is -2.36. The number of aromatic amines is 1. The molecule has 1 amide bonds. The van der Waals surface area contributed by atoms with Crippen LogP contribution in [0.2, 0.25) is 5.02 Å². The second-order valence-electron chi connectivity index (χ2n) is 5.13. The van der Waals surface area contributed by atoms with Crippen molar-refractivity contribution in [3.63, 3.8) is 0 Å². The SMILES string of the molecule is CN(C)CCN(Cc1ccc(Cl)cc1)C(=O)c1ccn[nH]1. The predicted octanol–water partition coefficient (Wildman–Crippen LogP) is 2.27. The zero-order valence-electron chi connectivity index (χ0n) is 12.2. The van der Waals surface area contributed by atoms with Gasteiger partial charge in [-0.05, 0) is 37.9 Å². The highest BCUT2D eigenvalue weighted by atomic mass is 35.5. The normalized spacial score (nSPS) is 10.9. The van der Waals surface area contributed by atoms with Crippen molar-refractivity contribution in [2.75, 3.05) is 27.2 Å². The number of aromatic nitrogens is 2. The van der Waals surface area contributed by atoms with Crippen molar-refractivity contribution in [2.24, 2.45) is 0 Å². The van der Waals surface area contributed by atoms with E-state index in [0.29, 0.717) is 23.8 Å². The highest BCUT2D eigenvalue weighted by Gasteiger charge is 2.17. The summed E-state index contributed by atoms with van der Waals surface area (Å²) in [7, 11) is 3.97. The topological polar surface area (TPSA) is 52.2 Å². The fourth-order valence-electron chi connectivity index (χ4n) is 1.93. The molecule has 21 heavy (non-hydrogen) atoms. The van der Waals surface area contributed by atoms with Crippen LogP contribution in [-0.2, 0) is 6.54 Å². The molecule has 5 nitrogen and oxygen atoms in total. The Bertz CT molecular complexity index is 566. The van der Waals surface area contributed by atoms with Crippen molar-refractivity contribution in [2.45, 2.75) is 6.54 Å². The zero-order chi connectivity index (χ0) is 15.2. The summed E-state index contributed by atoms with van der Waals surface area (Å²) in [5, 5.41) is 7.26. The van der Waals surface area contributed by atoms with E-state index in [1.54, 1.807) is 17.2 Å². The number of amides is 1. The number of nitrogens with one attached hydrogen (secondary N) is 1. The van der Waals surface area contributed by atoms with Gasteiger partial charge >= 0.3 is 0 Å². The third-order valence-corrected chi connectivity index (χ3v) is 3.37. The van der Waals surface area contributed by atoms with E-state index in [1.807, 2.05) is 38.4 Å². The first-order valence-electron chi connectivity index (χ1n) is 6.74. The Morgan fingerprint density at radius 1 is 1.19 bits per heavy atom. The lowest BCUT2D eigenvalue weighted by molar-refractivity contribution is 0.0726. The summed E-state index contributed by atoms with van der Waals surface area (Å²) in [6.07, 6.45) is 1.58. The van der Waals surface area contributed by atoms with Gasteiger partial charge in [-0.3, -0.25) is 9.89 Å². The van der Waals surface area contributed by atoms with Crippen LogP contribution in [0.1, 0.15) is 16.1 Å². The van der Waals surface area contributed by atoms with Gasteiger partial charge in [0.2, 0.25) is 0 Å². The van der Waals surface area contributed by atoms with E-state index in [-0.39, 0.29) is 5.91 Å². The second kappa shape index (κ2) is 7.24. The van der Waals surface area contributed by atoms with Gasteiger partial charge in [-0.15, -0.1) is 0 Å². The fraction of sp³-hybridized carbons (Fsp3) is 0.333. The van der Waals surface area contributed by atoms with Crippen molar-refractivity contribution < 1.29 is 4.79 Å². The molecule has 0 saturated carbocycles. The van der Waals surface area contributed by atoms with Gasteiger partial charge < -0.3 is 9.80 Å². The third kappa shape index (κ3) is 4.58. The Hall–Kier alpha value is -1.85. The molecule has 0 spiro atoms. The quantitative estimate of drug-likeness (QED) is 0.890. The van der Waals surface area contributed by atoms with E-state index in [0.717, 1.165) is 12.1 Å². The molecule has 6 heteroatoms. The van der Waals surface area contributed by atoms with E-state index in [9.17, 15) is 4.79 Å². The summed E-state index contributed by atoms with van der Waals surface area (Å²) in [4.78, 5) is 16.4. The Balaban J connectivity index is 2.11. The molecule has 0 bridgehead atoms. The van der Waals surface area contributed by atoms with Crippen molar-refractivity contribution >= 4 is 17.5 Å². The van der Waals surface area contributed by atoms with Gasteiger partial charge in [0.05, 0.1) is 0 Å². The average Bonchev–Trinajstić information content (AvgIpc) is 2.98. The van der Waals surface area contributed by atoms with Gasteiger partial charge in [-0.1, -0.05) is 23.7 Å². The first-order valence-corrected chi connectivity index (χ1v) is 7.12. The van der Waals surface area contributed by atoms with Gasteiger partial charge in [0, 0.05) is 30.9 Å². The maximum absolute atomic E-state index is 12.5. The van der Waals surface area contributed by atoms with Crippen LogP contribution in [0.4, 0.5) is 0 Å². The lowest BCUT2D eigenvalue weighted by Gasteiger charge is -2.24. The van der Waals surface area contributed by atoms with Crippen LogP contribution in [0, 0.1) is 0 Å². The molecule has 112 valence electrons. The first kappa shape index (κ1) is 15.5. The number of likely N-dealkylation sites (N-methyl/N-ethyl adjacent to an activating group) is 1. The molecule has 2 rings (SSSR count). The maximum Gasteiger partial charge on any atom is 0.272 e. The zero-order valence-corrected chi connectivity index (χ0v) is 13.0. The number of nitrogens with zero attached hydrogens (tertiary/aromatic N) is 3. The molecule has 0 fully saturated rings. The average molecular weight is 307 g/mol. The molecule has 0 aliphatic carbocycles. The van der Waals surface area contributed by atoms with E-state index < -0.39 is 0 Å². The molecule has 0 radical (unpaired) electrons. The number of H-pyrrole nitrogens is 1. The Kier molecular flexibility index (Phi) is 5.36. The van der Waals surface area contributed by atoms with Gasteiger partial charge in [-0.25, -0.2) is 0 Å². The van der Waals surface area contributed by atoms with Crippen LogP contribution in [0.15, 0.2) is 36.5 Å². The molecule has 0 saturated heterocycles. The van der Waals surface area contributed by atoms with Crippen LogP contribution in [0.5, 0.6) is 0 Å². The summed E-state index contributed by atoms with van der Waals surface area (Å²) in [5.41, 5.74) is 1.55. The molecule has 1 aromatic heterocycles. The number of halogens is 1. The predicted molar refractivity (Wildman–Crippen MR) is 83.3 cm³/mol. The van der Waals surface area contributed by atoms with Crippen molar-refractivity contribution in [1.29, 1.82) is 0 Å². The Labute approximate surface area is 129 Å². The largest absolute Gasteiger partial charge is 0.332 e. The summed E-state index contributed by atoms with van der Waals surface area (Å²) >= 11 is 5.89. The molecular formula is C15H19ClN4O. The van der Waals surface area contributed by atoms with E-state index in [2.05, 4.69) is 15.1 Å². The minimum atomic E-state index is -0.0516. The number of carbonyl (C=O) groups is 1. The molecule has 0 atom stereocenters. The number of rotatable bonds is 6. The number of benzene rings is 1. The highest BCUT2D eigenvalue weighted by molar-refractivity contribution is 6.30. The summed E-state index contributed by atoms with van der Waals surface area (Å²) in [6, 6.07) is 9.23. The summed E-state index contributed by atoms with van der Waals surface area (Å²) in [6.45, 7) is 1.99. The molecule has 2 aromatic rings. The van der Waals surface area contributed by atoms with E-state index in [4.69, 9.17) is 11.6 Å². The molecule has 0 aliphatic rings. The van der Waals surface area contributed by atoms with Gasteiger partial charge in [0.15, 0.2) is 0 Å². The van der Waals surface area contributed by atoms with Crippen molar-refractivity contribution in [3.05, 3.63) is 52.8 Å². The lowest BCUT2D eigenvalue weighted by atomic mass is 10.2. The van der Waals surface area contributed by atoms with Crippen LogP contribution < -0.4 is 0 Å². The molecule has 0 aliphatic heterocycles. The fourth-order valence-corrected chi connectivity index (χ4v) is 2.05. The van der Waals surface area contributed by atoms with Crippen LogP contribution in [0.3, 0.4) is 0 Å². The number of carbonyl (C=O) groups excluding carboxylic acids is 1. The third-order valence-electron chi connectivity index (χ3n) is 3.12. The minimum absolute atomic E-state index is 0.0516. The molecule has 0 unspecified atom stereocenters. The Morgan fingerprint density at radius 3 is 2.48 bits per heavy atom. The number of hydrogen-bond donors (Lipinski definition) is 1. The minimum Gasteiger partial charge on any atom is -0.332 e. The standard InChI is InChI=1S/C15H19ClN4O/c1-19(2)9-10-20(15(21)14-7-8-17-18-14)11-12-3-5-13(16)6-4-12/h3-8H,9-11H2,1-2H3,(H,17,18). The smallest absolute Gasteiger partial charge is 0.272 e. The van der Waals surface area contributed by atoms with Crippen LogP contribution >= 0.6 is 11.6 Å². The van der Waals surface area contributed by atoms with Gasteiger partial charge in [-0.2, -0.15) is 5.10 Å². The Morgan fingerprint density at radius 2 is 1.90 bits per heavy atom. The summed E-state index contributed by atoms with van der Waals surface area (Å²) < 4.78 is 0. The van der Waals surface area contributed by atoms with E-state index in [1.165, 1.54) is 0 Å². The molecular weight excluding hydrogens is 288 g/mol. The van der Waals surface area contributed by atoms with Crippen LogP contribution in [-0.4, -0.2) is 53.1 Å². The highest BCUT2D eigenvalue weighted by Crippen LogP contribution is 2.13. The maximum atomic E-state index is 12.5. The second-order valence-corrected chi connectivity index (χ2v) is 5.56. The number of hydrogen-bond acceptors (Lipinski definition) is 3. The molecule has 1 N–H and O–H groups in total. The summed E-state index contributed by atoms with van der Waals surface area (Å²) in [5.74, 6) is -0.0516. The van der Waals surface area contributed by atoms with Gasteiger partial charge in [0.1, 0.15) is 5.69 Å². The van der Waals surface area contributed by atoms with Gasteiger partial charge in [0.25, 0.3) is 5.91 Å². The van der Waals surface area contributed by atoms with Crippen LogP contribution in [0.25, 0.3) is 0 Å². The van der Waals surface area contributed by atoms with Crippen molar-refractivity contribution in [3.8, 4) is 0 Å².